The standard InChI is InChI=1S/C14H19BrN4/c1-4-12-14(15)13(19(3)17-12)9-18(2)11-7-5-10(16)6-8-11/h5-8H,4,9,16H2,1-3H3. The number of aryl methyl sites for hydroxylation is 2. The van der Waals surface area contributed by atoms with E-state index in [4.69, 9.17) is 5.73 Å². The molecular weight excluding hydrogens is 304 g/mol. The molecule has 0 saturated heterocycles. The topological polar surface area (TPSA) is 47.1 Å². The Hall–Kier alpha value is -1.49. The summed E-state index contributed by atoms with van der Waals surface area (Å²) in [4.78, 5) is 2.18. The van der Waals surface area contributed by atoms with E-state index in [1.807, 2.05) is 36.0 Å². The number of halogens is 1. The molecule has 0 unspecified atom stereocenters. The normalized spacial score (nSPS) is 10.7. The van der Waals surface area contributed by atoms with Crippen molar-refractivity contribution in [2.75, 3.05) is 17.7 Å². The summed E-state index contributed by atoms with van der Waals surface area (Å²) >= 11 is 3.64. The molecule has 2 rings (SSSR count). The fraction of sp³-hybridized carbons (Fsp3) is 0.357. The van der Waals surface area contributed by atoms with Crippen molar-refractivity contribution in [3.05, 3.63) is 40.1 Å². The molecule has 0 fully saturated rings. The molecule has 1 aromatic heterocycles. The van der Waals surface area contributed by atoms with Gasteiger partial charge in [0.15, 0.2) is 0 Å². The van der Waals surface area contributed by atoms with E-state index >= 15 is 0 Å². The van der Waals surface area contributed by atoms with Gasteiger partial charge in [-0.15, -0.1) is 0 Å². The lowest BCUT2D eigenvalue weighted by atomic mass is 10.2. The third-order valence-electron chi connectivity index (χ3n) is 3.22. The summed E-state index contributed by atoms with van der Waals surface area (Å²) in [5.41, 5.74) is 9.91. The van der Waals surface area contributed by atoms with Gasteiger partial charge in [-0.1, -0.05) is 6.92 Å². The van der Waals surface area contributed by atoms with Gasteiger partial charge in [0.1, 0.15) is 0 Å². The first-order valence-corrected chi connectivity index (χ1v) is 7.09. The van der Waals surface area contributed by atoms with Crippen molar-refractivity contribution in [2.45, 2.75) is 19.9 Å². The number of anilines is 2. The molecule has 2 aromatic rings. The minimum atomic E-state index is 0.784. The van der Waals surface area contributed by atoms with Crippen molar-refractivity contribution in [1.29, 1.82) is 0 Å². The molecule has 102 valence electrons. The maximum absolute atomic E-state index is 5.71. The highest BCUT2D eigenvalue weighted by Gasteiger charge is 2.14. The minimum Gasteiger partial charge on any atom is -0.399 e. The molecule has 1 heterocycles. The monoisotopic (exact) mass is 322 g/mol. The van der Waals surface area contributed by atoms with Crippen LogP contribution in [0.3, 0.4) is 0 Å². The Bertz CT molecular complexity index is 560. The summed E-state index contributed by atoms with van der Waals surface area (Å²) in [6, 6.07) is 7.89. The SMILES string of the molecule is CCc1nn(C)c(CN(C)c2ccc(N)cc2)c1Br. The van der Waals surface area contributed by atoms with Crippen LogP contribution in [0.5, 0.6) is 0 Å². The third-order valence-corrected chi connectivity index (χ3v) is 4.14. The Balaban J connectivity index is 2.21. The second-order valence-electron chi connectivity index (χ2n) is 4.63. The van der Waals surface area contributed by atoms with E-state index in [1.165, 1.54) is 5.69 Å². The molecule has 1 aromatic carbocycles. The predicted molar refractivity (Wildman–Crippen MR) is 83.2 cm³/mol. The van der Waals surface area contributed by atoms with Crippen LogP contribution >= 0.6 is 15.9 Å². The maximum Gasteiger partial charge on any atom is 0.0767 e. The zero-order valence-corrected chi connectivity index (χ0v) is 13.1. The molecule has 2 N–H and O–H groups in total. The van der Waals surface area contributed by atoms with E-state index < -0.39 is 0 Å². The van der Waals surface area contributed by atoms with Gasteiger partial charge in [-0.25, -0.2) is 0 Å². The van der Waals surface area contributed by atoms with Crippen LogP contribution in [0.2, 0.25) is 0 Å². The van der Waals surface area contributed by atoms with Gasteiger partial charge in [0.25, 0.3) is 0 Å². The van der Waals surface area contributed by atoms with E-state index in [0.717, 1.165) is 34.5 Å². The molecule has 0 spiro atoms. The van der Waals surface area contributed by atoms with Gasteiger partial charge in [-0.05, 0) is 46.6 Å². The van der Waals surface area contributed by atoms with Crippen LogP contribution in [0, 0.1) is 0 Å². The zero-order chi connectivity index (χ0) is 14.0. The number of nitrogens with zero attached hydrogens (tertiary/aromatic N) is 3. The summed E-state index contributed by atoms with van der Waals surface area (Å²) < 4.78 is 3.05. The van der Waals surface area contributed by atoms with E-state index in [-0.39, 0.29) is 0 Å². The number of hydrogen-bond donors (Lipinski definition) is 1. The Morgan fingerprint density at radius 2 is 1.95 bits per heavy atom. The van der Waals surface area contributed by atoms with Crippen LogP contribution in [-0.4, -0.2) is 16.8 Å². The molecular formula is C14H19BrN4. The molecule has 0 saturated carbocycles. The lowest BCUT2D eigenvalue weighted by Gasteiger charge is -2.19. The second-order valence-corrected chi connectivity index (χ2v) is 5.43. The van der Waals surface area contributed by atoms with Crippen molar-refractivity contribution in [1.82, 2.24) is 9.78 Å². The smallest absolute Gasteiger partial charge is 0.0767 e. The fourth-order valence-electron chi connectivity index (χ4n) is 2.04. The second kappa shape index (κ2) is 5.65. The number of rotatable bonds is 4. The lowest BCUT2D eigenvalue weighted by Crippen LogP contribution is -2.18. The molecule has 19 heavy (non-hydrogen) atoms. The molecule has 0 aliphatic rings. The molecule has 0 bridgehead atoms. The largest absolute Gasteiger partial charge is 0.399 e. The van der Waals surface area contributed by atoms with E-state index in [1.54, 1.807) is 0 Å². The van der Waals surface area contributed by atoms with Gasteiger partial charge in [0.2, 0.25) is 0 Å². The molecule has 5 heteroatoms. The van der Waals surface area contributed by atoms with Gasteiger partial charge >= 0.3 is 0 Å². The van der Waals surface area contributed by atoms with Crippen LogP contribution in [0.1, 0.15) is 18.3 Å². The molecule has 0 atom stereocenters. The van der Waals surface area contributed by atoms with Crippen molar-refractivity contribution < 1.29 is 0 Å². The van der Waals surface area contributed by atoms with Crippen LogP contribution in [0.4, 0.5) is 11.4 Å². The van der Waals surface area contributed by atoms with Crippen molar-refractivity contribution >= 4 is 27.3 Å². The number of nitrogens with two attached hydrogens (primary N) is 1. The van der Waals surface area contributed by atoms with Crippen molar-refractivity contribution in [2.24, 2.45) is 7.05 Å². The number of hydrogen-bond acceptors (Lipinski definition) is 3. The van der Waals surface area contributed by atoms with E-state index in [0.29, 0.717) is 0 Å². The molecule has 0 aliphatic carbocycles. The molecule has 4 nitrogen and oxygen atoms in total. The Labute approximate surface area is 122 Å². The third kappa shape index (κ3) is 2.92. The number of aromatic nitrogens is 2. The average Bonchev–Trinajstić information content (AvgIpc) is 2.67. The van der Waals surface area contributed by atoms with Gasteiger partial charge in [-0.2, -0.15) is 5.10 Å². The fourth-order valence-corrected chi connectivity index (χ4v) is 2.78. The summed E-state index contributed by atoms with van der Waals surface area (Å²) in [6.45, 7) is 2.91. The van der Waals surface area contributed by atoms with Crippen LogP contribution in [0.25, 0.3) is 0 Å². The first kappa shape index (κ1) is 13.9. The quantitative estimate of drug-likeness (QED) is 0.880. The van der Waals surface area contributed by atoms with Crippen LogP contribution in [-0.2, 0) is 20.0 Å². The van der Waals surface area contributed by atoms with Gasteiger partial charge in [-0.3, -0.25) is 4.68 Å². The maximum atomic E-state index is 5.71. The molecule has 0 radical (unpaired) electrons. The van der Waals surface area contributed by atoms with Crippen LogP contribution in [0.15, 0.2) is 28.7 Å². The van der Waals surface area contributed by atoms with Crippen LogP contribution < -0.4 is 10.6 Å². The Morgan fingerprint density at radius 3 is 2.47 bits per heavy atom. The summed E-state index contributed by atoms with van der Waals surface area (Å²) in [5.74, 6) is 0. The number of benzene rings is 1. The van der Waals surface area contributed by atoms with E-state index in [9.17, 15) is 0 Å². The first-order chi connectivity index (χ1) is 9.02. The minimum absolute atomic E-state index is 0.784. The predicted octanol–water partition coefficient (Wildman–Crippen LogP) is 2.96. The van der Waals surface area contributed by atoms with Crippen molar-refractivity contribution in [3.63, 3.8) is 0 Å². The lowest BCUT2D eigenvalue weighted by molar-refractivity contribution is 0.688. The van der Waals surface area contributed by atoms with Gasteiger partial charge in [0, 0.05) is 25.5 Å². The first-order valence-electron chi connectivity index (χ1n) is 6.29. The number of nitrogen functional groups attached to an aromatic ring is 1. The summed E-state index contributed by atoms with van der Waals surface area (Å²) in [7, 11) is 4.05. The van der Waals surface area contributed by atoms with Gasteiger partial charge < -0.3 is 10.6 Å². The van der Waals surface area contributed by atoms with Crippen molar-refractivity contribution in [3.8, 4) is 0 Å². The zero-order valence-electron chi connectivity index (χ0n) is 11.5. The summed E-state index contributed by atoms with van der Waals surface area (Å²) in [6.07, 6.45) is 0.931. The highest BCUT2D eigenvalue weighted by Crippen LogP contribution is 2.24. The van der Waals surface area contributed by atoms with Gasteiger partial charge in [0.05, 0.1) is 22.4 Å². The highest BCUT2D eigenvalue weighted by molar-refractivity contribution is 9.10. The highest BCUT2D eigenvalue weighted by atomic mass is 79.9. The molecule has 0 amide bonds. The van der Waals surface area contributed by atoms with E-state index in [2.05, 4.69) is 39.9 Å². The average molecular weight is 323 g/mol. The Morgan fingerprint density at radius 1 is 1.32 bits per heavy atom. The molecule has 0 aliphatic heterocycles. The Kier molecular flexibility index (Phi) is 4.14. The summed E-state index contributed by atoms with van der Waals surface area (Å²) in [5, 5.41) is 4.51.